The lowest BCUT2D eigenvalue weighted by Crippen LogP contribution is -2.24. The first-order valence-corrected chi connectivity index (χ1v) is 16.9. The van der Waals surface area contributed by atoms with Crippen LogP contribution < -0.4 is 15.9 Å². The van der Waals surface area contributed by atoms with E-state index in [-0.39, 0.29) is 0 Å². The molecule has 2 aromatic heterocycles. The summed E-state index contributed by atoms with van der Waals surface area (Å²) in [5.41, 5.74) is 6.10. The van der Waals surface area contributed by atoms with Gasteiger partial charge in [-0.15, -0.1) is 0 Å². The molecule has 0 aliphatic heterocycles. The SMILES string of the molecule is O=P(c1ccccc1)(c1ccccc1)c1ccc2nc3c4ccccc4c4ccc(-c5ccc6ccccc6c5)cc4n3c2c1. The Morgan fingerprint density at radius 2 is 1.07 bits per heavy atom. The van der Waals surface area contributed by atoms with E-state index < -0.39 is 7.14 Å². The molecule has 0 saturated carbocycles. The Labute approximate surface area is 260 Å². The molecule has 0 spiro atoms. The van der Waals surface area contributed by atoms with Gasteiger partial charge in [-0.1, -0.05) is 133 Å². The van der Waals surface area contributed by atoms with Gasteiger partial charge in [0.2, 0.25) is 0 Å². The maximum Gasteiger partial charge on any atom is 0.171 e. The number of rotatable bonds is 4. The molecule has 9 rings (SSSR count). The second-order valence-corrected chi connectivity index (χ2v) is 14.3. The molecular weight excluding hydrogens is 567 g/mol. The fourth-order valence-electron chi connectivity index (χ4n) is 6.81. The van der Waals surface area contributed by atoms with Crippen molar-refractivity contribution in [3.05, 3.63) is 164 Å². The fraction of sp³-hybridized carbons (Fsp3) is 0. The molecule has 0 amide bonds. The highest BCUT2D eigenvalue weighted by Crippen LogP contribution is 2.43. The molecule has 0 unspecified atom stereocenters. The molecule has 0 saturated heterocycles. The molecule has 9 aromatic rings. The third kappa shape index (κ3) is 3.98. The fourth-order valence-corrected chi connectivity index (χ4v) is 9.48. The minimum absolute atomic E-state index is 0.793. The molecule has 45 heavy (non-hydrogen) atoms. The summed E-state index contributed by atoms with van der Waals surface area (Å²) < 4.78 is 17.6. The molecule has 212 valence electrons. The van der Waals surface area contributed by atoms with Gasteiger partial charge in [0.25, 0.3) is 0 Å². The molecule has 2 heterocycles. The lowest BCUT2D eigenvalue weighted by molar-refractivity contribution is 0.592. The number of aromatic nitrogens is 2. The zero-order valence-electron chi connectivity index (χ0n) is 24.3. The normalized spacial score (nSPS) is 12.1. The smallest absolute Gasteiger partial charge is 0.171 e. The van der Waals surface area contributed by atoms with Crippen LogP contribution in [0.15, 0.2) is 164 Å². The largest absolute Gasteiger partial charge is 0.309 e. The predicted molar refractivity (Wildman–Crippen MR) is 190 cm³/mol. The number of hydrogen-bond acceptors (Lipinski definition) is 2. The Morgan fingerprint density at radius 1 is 0.444 bits per heavy atom. The lowest BCUT2D eigenvalue weighted by Gasteiger charge is -2.20. The number of benzene rings is 7. The van der Waals surface area contributed by atoms with E-state index in [4.69, 9.17) is 4.98 Å². The quantitative estimate of drug-likeness (QED) is 0.150. The van der Waals surface area contributed by atoms with E-state index in [2.05, 4.69) is 95.4 Å². The van der Waals surface area contributed by atoms with Gasteiger partial charge in [0.1, 0.15) is 5.65 Å². The molecule has 4 heteroatoms. The van der Waals surface area contributed by atoms with Crippen molar-refractivity contribution in [3.8, 4) is 11.1 Å². The van der Waals surface area contributed by atoms with E-state index in [0.29, 0.717) is 0 Å². The summed E-state index contributed by atoms with van der Waals surface area (Å²) in [6.07, 6.45) is 0. The van der Waals surface area contributed by atoms with Crippen molar-refractivity contribution >= 4 is 72.2 Å². The van der Waals surface area contributed by atoms with Crippen LogP contribution in [0.5, 0.6) is 0 Å². The zero-order valence-corrected chi connectivity index (χ0v) is 25.2. The topological polar surface area (TPSA) is 34.4 Å². The first-order chi connectivity index (χ1) is 22.2. The molecule has 3 nitrogen and oxygen atoms in total. The summed E-state index contributed by atoms with van der Waals surface area (Å²) in [5.74, 6) is 0. The Hall–Kier alpha value is -5.50. The van der Waals surface area contributed by atoms with Gasteiger partial charge in [0.05, 0.1) is 16.6 Å². The average Bonchev–Trinajstić information content (AvgIpc) is 3.51. The Kier molecular flexibility index (Phi) is 5.78. The Bertz CT molecular complexity index is 2580. The van der Waals surface area contributed by atoms with Crippen LogP contribution in [-0.2, 0) is 4.57 Å². The number of imidazole rings is 1. The number of fused-ring (bicyclic) bond motifs is 9. The van der Waals surface area contributed by atoms with Crippen molar-refractivity contribution in [2.24, 2.45) is 0 Å². The molecule has 0 aliphatic rings. The second kappa shape index (κ2) is 10.0. The molecule has 0 N–H and O–H groups in total. The van der Waals surface area contributed by atoms with Crippen molar-refractivity contribution in [2.45, 2.75) is 0 Å². The van der Waals surface area contributed by atoms with Gasteiger partial charge in [0.15, 0.2) is 7.14 Å². The van der Waals surface area contributed by atoms with Gasteiger partial charge in [-0.25, -0.2) is 4.98 Å². The summed E-state index contributed by atoms with van der Waals surface area (Å²) in [5, 5.41) is 8.29. The first-order valence-electron chi connectivity index (χ1n) is 15.2. The van der Waals surface area contributed by atoms with Crippen molar-refractivity contribution in [3.63, 3.8) is 0 Å². The third-order valence-corrected chi connectivity index (χ3v) is 12.1. The molecule has 7 aromatic carbocycles. The van der Waals surface area contributed by atoms with Gasteiger partial charge in [0, 0.05) is 26.7 Å². The molecule has 0 atom stereocenters. The van der Waals surface area contributed by atoms with Gasteiger partial charge in [-0.3, -0.25) is 4.40 Å². The maximum absolute atomic E-state index is 15.3. The summed E-state index contributed by atoms with van der Waals surface area (Å²) >= 11 is 0. The van der Waals surface area contributed by atoms with Crippen LogP contribution in [0.2, 0.25) is 0 Å². The summed E-state index contributed by atoms with van der Waals surface area (Å²) in [7, 11) is -3.16. The summed E-state index contributed by atoms with van der Waals surface area (Å²) in [6, 6.07) is 56.2. The molecule has 0 bridgehead atoms. The van der Waals surface area contributed by atoms with Crippen LogP contribution in [-0.4, -0.2) is 9.38 Å². The molecule has 0 aliphatic carbocycles. The number of hydrogen-bond donors (Lipinski definition) is 0. The monoisotopic (exact) mass is 594 g/mol. The van der Waals surface area contributed by atoms with E-state index >= 15 is 4.57 Å². The first kappa shape index (κ1) is 25.9. The van der Waals surface area contributed by atoms with Crippen LogP contribution in [0.1, 0.15) is 0 Å². The average molecular weight is 595 g/mol. The van der Waals surface area contributed by atoms with Crippen LogP contribution in [0.25, 0.3) is 60.3 Å². The standard InChI is InChI=1S/C41H27N2OP/c44-45(32-13-3-1-4-14-32,33-15-5-2-6-16-33)34-22-24-38-40(27-34)43-39-26-31(30-20-19-28-11-7-8-12-29(28)25-30)21-23-36(39)35-17-9-10-18-37(35)41(43)42-38/h1-27H. The van der Waals surface area contributed by atoms with Crippen molar-refractivity contribution in [1.82, 2.24) is 9.38 Å². The van der Waals surface area contributed by atoms with E-state index in [1.807, 2.05) is 72.8 Å². The number of pyridine rings is 1. The molecule has 0 fully saturated rings. The van der Waals surface area contributed by atoms with Crippen molar-refractivity contribution in [2.75, 3.05) is 0 Å². The van der Waals surface area contributed by atoms with E-state index in [1.165, 1.54) is 21.7 Å². The predicted octanol–water partition coefficient (Wildman–Crippen LogP) is 9.25. The lowest BCUT2D eigenvalue weighted by atomic mass is 9.98. The van der Waals surface area contributed by atoms with Crippen LogP contribution >= 0.6 is 7.14 Å². The second-order valence-electron chi connectivity index (χ2n) is 11.6. The summed E-state index contributed by atoms with van der Waals surface area (Å²) in [6.45, 7) is 0. The zero-order chi connectivity index (χ0) is 30.0. The number of nitrogens with zero attached hydrogens (tertiary/aromatic N) is 2. The van der Waals surface area contributed by atoms with Gasteiger partial charge in [-0.05, 0) is 57.6 Å². The van der Waals surface area contributed by atoms with E-state index in [1.54, 1.807) is 0 Å². The third-order valence-electron chi connectivity index (χ3n) is 9.02. The van der Waals surface area contributed by atoms with Crippen LogP contribution in [0, 0.1) is 0 Å². The maximum atomic E-state index is 15.3. The van der Waals surface area contributed by atoms with E-state index in [9.17, 15) is 0 Å². The van der Waals surface area contributed by atoms with Crippen molar-refractivity contribution in [1.29, 1.82) is 0 Å². The summed E-state index contributed by atoms with van der Waals surface area (Å²) in [4.78, 5) is 5.18. The van der Waals surface area contributed by atoms with Gasteiger partial charge >= 0.3 is 0 Å². The van der Waals surface area contributed by atoms with Gasteiger partial charge in [-0.2, -0.15) is 0 Å². The van der Waals surface area contributed by atoms with E-state index in [0.717, 1.165) is 54.4 Å². The highest BCUT2D eigenvalue weighted by molar-refractivity contribution is 7.85. The van der Waals surface area contributed by atoms with Gasteiger partial charge < -0.3 is 4.57 Å². The Balaban J connectivity index is 1.36. The highest BCUT2D eigenvalue weighted by Gasteiger charge is 2.30. The molecular formula is C41H27N2OP. The van der Waals surface area contributed by atoms with Crippen LogP contribution in [0.4, 0.5) is 0 Å². The minimum atomic E-state index is -3.16. The molecule has 0 radical (unpaired) electrons. The Morgan fingerprint density at radius 3 is 1.82 bits per heavy atom. The minimum Gasteiger partial charge on any atom is -0.309 e. The van der Waals surface area contributed by atoms with Crippen LogP contribution in [0.3, 0.4) is 0 Å². The van der Waals surface area contributed by atoms with Crippen molar-refractivity contribution < 1.29 is 4.57 Å². The highest BCUT2D eigenvalue weighted by atomic mass is 31.2.